The Morgan fingerprint density at radius 1 is 1.31 bits per heavy atom. The number of carbonyl (C=O) groups is 1. The minimum Gasteiger partial charge on any atom is -0.482 e. The Balaban J connectivity index is 1.76. The zero-order chi connectivity index (χ0) is 21.4. The maximum atomic E-state index is 12.5. The minimum absolute atomic E-state index is 0.0119. The minimum atomic E-state index is -3.09. The van der Waals surface area contributed by atoms with Gasteiger partial charge in [0.05, 0.1) is 28.3 Å². The van der Waals surface area contributed by atoms with Crippen molar-refractivity contribution in [1.29, 1.82) is 0 Å². The van der Waals surface area contributed by atoms with E-state index < -0.39 is 15.7 Å². The molecule has 1 N–H and O–H groups in total. The molecule has 29 heavy (non-hydrogen) atoms. The molecule has 1 unspecified atom stereocenters. The van der Waals surface area contributed by atoms with Crippen LogP contribution in [0.1, 0.15) is 38.9 Å². The molecule has 7 nitrogen and oxygen atoms in total. The first-order chi connectivity index (χ1) is 13.4. The standard InChI is InChI=1S/C19H23Cl2N3O4S/c1-19(2,3)16-9-17(24(23-16)13-6-7-29(26,27)11-13)22-18(25)10-28-15-5-4-12(20)8-14(15)21/h4-5,8-9,13H,6-7,10-11H2,1-3H3,(H,22,25). The molecule has 0 aliphatic carbocycles. The molecular formula is C19H23Cl2N3O4S. The fourth-order valence-electron chi connectivity index (χ4n) is 3.02. The Morgan fingerprint density at radius 2 is 2.03 bits per heavy atom. The monoisotopic (exact) mass is 459 g/mol. The van der Waals surface area contributed by atoms with Crippen LogP contribution in [0.25, 0.3) is 0 Å². The van der Waals surface area contributed by atoms with Crippen molar-refractivity contribution in [3.05, 3.63) is 40.0 Å². The maximum absolute atomic E-state index is 12.5. The molecular weight excluding hydrogens is 437 g/mol. The quantitative estimate of drug-likeness (QED) is 0.732. The van der Waals surface area contributed by atoms with Gasteiger partial charge in [0, 0.05) is 16.5 Å². The summed E-state index contributed by atoms with van der Waals surface area (Å²) in [5.74, 6) is 0.523. The van der Waals surface area contributed by atoms with Gasteiger partial charge < -0.3 is 10.1 Å². The SMILES string of the molecule is CC(C)(C)c1cc(NC(=O)COc2ccc(Cl)cc2Cl)n(C2CCS(=O)(=O)C2)n1. The summed E-state index contributed by atoms with van der Waals surface area (Å²) >= 11 is 11.9. The van der Waals surface area contributed by atoms with Crippen molar-refractivity contribution >= 4 is 44.8 Å². The lowest BCUT2D eigenvalue weighted by Crippen LogP contribution is -2.24. The van der Waals surface area contributed by atoms with Gasteiger partial charge in [-0.3, -0.25) is 4.79 Å². The molecule has 1 amide bonds. The van der Waals surface area contributed by atoms with E-state index in [4.69, 9.17) is 27.9 Å². The van der Waals surface area contributed by atoms with Crippen LogP contribution in [0, 0.1) is 0 Å². The molecule has 1 aromatic carbocycles. The topological polar surface area (TPSA) is 90.3 Å². The molecule has 0 radical (unpaired) electrons. The smallest absolute Gasteiger partial charge is 0.263 e. The van der Waals surface area contributed by atoms with E-state index in [9.17, 15) is 13.2 Å². The van der Waals surface area contributed by atoms with E-state index in [0.29, 0.717) is 28.0 Å². The van der Waals surface area contributed by atoms with Crippen LogP contribution in [-0.4, -0.2) is 42.2 Å². The first-order valence-corrected chi connectivity index (χ1v) is 11.7. The maximum Gasteiger partial charge on any atom is 0.263 e. The van der Waals surface area contributed by atoms with E-state index in [0.717, 1.165) is 5.69 Å². The molecule has 2 aromatic rings. The van der Waals surface area contributed by atoms with Gasteiger partial charge in [0.25, 0.3) is 5.91 Å². The second-order valence-electron chi connectivity index (χ2n) is 8.08. The number of aromatic nitrogens is 2. The van der Waals surface area contributed by atoms with Crippen LogP contribution in [-0.2, 0) is 20.0 Å². The van der Waals surface area contributed by atoms with E-state index >= 15 is 0 Å². The van der Waals surface area contributed by atoms with Crippen LogP contribution in [0.2, 0.25) is 10.0 Å². The van der Waals surface area contributed by atoms with Crippen molar-refractivity contribution in [3.63, 3.8) is 0 Å². The van der Waals surface area contributed by atoms with Crippen molar-refractivity contribution in [2.75, 3.05) is 23.4 Å². The molecule has 158 valence electrons. The van der Waals surface area contributed by atoms with Crippen LogP contribution in [0.15, 0.2) is 24.3 Å². The van der Waals surface area contributed by atoms with Crippen molar-refractivity contribution in [3.8, 4) is 5.75 Å². The summed E-state index contributed by atoms with van der Waals surface area (Å²) in [6, 6.07) is 6.20. The summed E-state index contributed by atoms with van der Waals surface area (Å²) in [6.45, 7) is 5.74. The van der Waals surface area contributed by atoms with Gasteiger partial charge in [-0.15, -0.1) is 0 Å². The van der Waals surface area contributed by atoms with E-state index in [2.05, 4.69) is 10.4 Å². The molecule has 2 heterocycles. The number of carbonyl (C=O) groups excluding carboxylic acids is 1. The molecule has 0 spiro atoms. The lowest BCUT2D eigenvalue weighted by Gasteiger charge is -2.15. The summed E-state index contributed by atoms with van der Waals surface area (Å²) in [4.78, 5) is 12.5. The number of rotatable bonds is 5. The zero-order valence-corrected chi connectivity index (χ0v) is 18.7. The lowest BCUT2D eigenvalue weighted by atomic mass is 9.92. The van der Waals surface area contributed by atoms with Crippen molar-refractivity contribution in [1.82, 2.24) is 9.78 Å². The Morgan fingerprint density at radius 3 is 2.62 bits per heavy atom. The van der Waals surface area contributed by atoms with Gasteiger partial charge in [0.1, 0.15) is 11.6 Å². The molecule has 0 bridgehead atoms. The third-order valence-corrected chi connectivity index (χ3v) is 6.86. The van der Waals surface area contributed by atoms with Gasteiger partial charge in [-0.25, -0.2) is 13.1 Å². The van der Waals surface area contributed by atoms with Gasteiger partial charge in [-0.05, 0) is 24.6 Å². The van der Waals surface area contributed by atoms with Crippen LogP contribution in [0.4, 0.5) is 5.82 Å². The average molecular weight is 460 g/mol. The number of hydrogen-bond donors (Lipinski definition) is 1. The number of ether oxygens (including phenoxy) is 1. The molecule has 1 saturated heterocycles. The Kier molecular flexibility index (Phi) is 6.17. The van der Waals surface area contributed by atoms with Crippen LogP contribution < -0.4 is 10.1 Å². The second-order valence-corrected chi connectivity index (χ2v) is 11.2. The van der Waals surface area contributed by atoms with Gasteiger partial charge in [0.15, 0.2) is 16.4 Å². The summed E-state index contributed by atoms with van der Waals surface area (Å²) in [7, 11) is -3.09. The number of nitrogens with zero attached hydrogens (tertiary/aromatic N) is 2. The first-order valence-electron chi connectivity index (χ1n) is 9.13. The van der Waals surface area contributed by atoms with Crippen LogP contribution >= 0.6 is 23.2 Å². The first kappa shape index (κ1) is 21.9. The van der Waals surface area contributed by atoms with E-state index in [1.165, 1.54) is 6.07 Å². The summed E-state index contributed by atoms with van der Waals surface area (Å²) in [6.07, 6.45) is 0.466. The van der Waals surface area contributed by atoms with Gasteiger partial charge >= 0.3 is 0 Å². The zero-order valence-electron chi connectivity index (χ0n) is 16.4. The highest BCUT2D eigenvalue weighted by atomic mass is 35.5. The number of benzene rings is 1. The third kappa shape index (κ3) is 5.43. The van der Waals surface area contributed by atoms with Crippen LogP contribution in [0.5, 0.6) is 5.75 Å². The Bertz CT molecular complexity index is 1030. The molecule has 1 aliphatic heterocycles. The molecule has 0 saturated carbocycles. The van der Waals surface area contributed by atoms with E-state index in [1.54, 1.807) is 22.9 Å². The van der Waals surface area contributed by atoms with Crippen LogP contribution in [0.3, 0.4) is 0 Å². The predicted octanol–water partition coefficient (Wildman–Crippen LogP) is 3.86. The lowest BCUT2D eigenvalue weighted by molar-refractivity contribution is -0.118. The molecule has 3 rings (SSSR count). The van der Waals surface area contributed by atoms with Gasteiger partial charge in [-0.1, -0.05) is 44.0 Å². The van der Waals surface area contributed by atoms with E-state index in [-0.39, 0.29) is 29.6 Å². The number of amides is 1. The molecule has 1 aliphatic rings. The van der Waals surface area contributed by atoms with Gasteiger partial charge in [0.2, 0.25) is 0 Å². The third-order valence-electron chi connectivity index (χ3n) is 4.58. The van der Waals surface area contributed by atoms with Crippen molar-refractivity contribution in [2.45, 2.75) is 38.6 Å². The van der Waals surface area contributed by atoms with Crippen molar-refractivity contribution in [2.24, 2.45) is 0 Å². The number of hydrogen-bond acceptors (Lipinski definition) is 5. The Labute approximate surface area is 180 Å². The molecule has 10 heteroatoms. The largest absolute Gasteiger partial charge is 0.482 e. The fourth-order valence-corrected chi connectivity index (χ4v) is 5.17. The number of sulfone groups is 1. The molecule has 1 fully saturated rings. The summed E-state index contributed by atoms with van der Waals surface area (Å²) in [5.41, 5.74) is 0.508. The highest BCUT2D eigenvalue weighted by Crippen LogP contribution is 2.31. The predicted molar refractivity (Wildman–Crippen MR) is 114 cm³/mol. The van der Waals surface area contributed by atoms with E-state index in [1.807, 2.05) is 20.8 Å². The average Bonchev–Trinajstić information content (AvgIpc) is 3.17. The fraction of sp³-hybridized carbons (Fsp3) is 0.474. The summed E-state index contributed by atoms with van der Waals surface area (Å²) < 4.78 is 30.9. The second kappa shape index (κ2) is 8.16. The van der Waals surface area contributed by atoms with Gasteiger partial charge in [-0.2, -0.15) is 5.10 Å². The molecule has 1 aromatic heterocycles. The molecule has 1 atom stereocenters. The highest BCUT2D eigenvalue weighted by molar-refractivity contribution is 7.91. The summed E-state index contributed by atoms with van der Waals surface area (Å²) in [5, 5.41) is 8.14. The number of nitrogens with one attached hydrogen (secondary N) is 1. The number of anilines is 1. The normalized spacial score (nSPS) is 18.6. The van der Waals surface area contributed by atoms with Crippen molar-refractivity contribution < 1.29 is 17.9 Å². The highest BCUT2D eigenvalue weighted by Gasteiger charge is 2.32. The Hall–Kier alpha value is -1.77. The number of halogens is 2.